The lowest BCUT2D eigenvalue weighted by molar-refractivity contribution is -0.140. The molecule has 1 aromatic rings. The van der Waals surface area contributed by atoms with Gasteiger partial charge in [-0.2, -0.15) is 0 Å². The number of esters is 2. The van der Waals surface area contributed by atoms with E-state index in [4.69, 9.17) is 18.9 Å². The van der Waals surface area contributed by atoms with Crippen molar-refractivity contribution in [3.8, 4) is 11.5 Å². The molecule has 0 aliphatic rings. The van der Waals surface area contributed by atoms with Gasteiger partial charge in [-0.25, -0.2) is 18.7 Å². The monoisotopic (exact) mass is 618 g/mol. The molecule has 204 valence electrons. The molecule has 2 N–H and O–H groups in total. The van der Waals surface area contributed by atoms with Crippen LogP contribution in [-0.4, -0.2) is 67.2 Å². The predicted molar refractivity (Wildman–Crippen MR) is 132 cm³/mol. The van der Waals surface area contributed by atoms with Gasteiger partial charge in [-0.15, -0.1) is 0 Å². The molecule has 0 bridgehead atoms. The van der Waals surface area contributed by atoms with Crippen molar-refractivity contribution in [1.29, 1.82) is 0 Å². The third-order valence-corrected chi connectivity index (χ3v) is 5.57. The zero-order valence-corrected chi connectivity index (χ0v) is 23.1. The van der Waals surface area contributed by atoms with Crippen molar-refractivity contribution in [2.75, 3.05) is 45.5 Å². The minimum absolute atomic E-state index is 0.0558. The lowest BCUT2D eigenvalue weighted by Crippen LogP contribution is -2.11. The maximum absolute atomic E-state index is 11.6. The van der Waals surface area contributed by atoms with Crippen molar-refractivity contribution in [2.24, 2.45) is 0 Å². The van der Waals surface area contributed by atoms with E-state index in [1.165, 1.54) is 26.2 Å². The third-order valence-electron chi connectivity index (χ3n) is 3.28. The van der Waals surface area contributed by atoms with Crippen molar-refractivity contribution in [2.45, 2.75) is 6.92 Å². The first-order valence-corrected chi connectivity index (χ1v) is 14.1. The van der Waals surface area contributed by atoms with Gasteiger partial charge in [0.25, 0.3) is 0 Å². The lowest BCUT2D eigenvalue weighted by Gasteiger charge is -2.13. The highest BCUT2D eigenvalue weighted by atomic mass is 79.9. The summed E-state index contributed by atoms with van der Waals surface area (Å²) in [5, 5.41) is 0.423. The van der Waals surface area contributed by atoms with E-state index in [0.29, 0.717) is 11.1 Å². The van der Waals surface area contributed by atoms with Gasteiger partial charge in [-0.3, -0.25) is 18.5 Å². The Morgan fingerprint density at radius 2 is 1.42 bits per heavy atom. The molecule has 2 unspecified atom stereocenters. The zero-order chi connectivity index (χ0) is 27.6. The molecule has 0 amide bonds. The number of alkyl halides is 1. The summed E-state index contributed by atoms with van der Waals surface area (Å²) < 4.78 is 55.3. The summed E-state index contributed by atoms with van der Waals surface area (Å²) in [6.07, 6.45) is 0.986. The fraction of sp³-hybridized carbons (Fsp3) is 0.400. The number of benzene rings is 1. The lowest BCUT2D eigenvalue weighted by atomic mass is 10.3. The third kappa shape index (κ3) is 17.4. The summed E-state index contributed by atoms with van der Waals surface area (Å²) in [5.41, 5.74) is 0.233. The van der Waals surface area contributed by atoms with Crippen molar-refractivity contribution < 1.29 is 60.8 Å². The van der Waals surface area contributed by atoms with Gasteiger partial charge >= 0.3 is 27.6 Å². The van der Waals surface area contributed by atoms with Gasteiger partial charge in [0.15, 0.2) is 0 Å². The smallest absolute Gasteiger partial charge is 0.497 e. The van der Waals surface area contributed by atoms with Crippen LogP contribution in [0.4, 0.5) is 0 Å². The molecule has 2 atom stereocenters. The van der Waals surface area contributed by atoms with E-state index in [9.17, 15) is 23.6 Å². The second kappa shape index (κ2) is 18.3. The Morgan fingerprint density at radius 1 is 0.917 bits per heavy atom. The van der Waals surface area contributed by atoms with Crippen LogP contribution < -0.4 is 9.26 Å². The van der Waals surface area contributed by atoms with Crippen LogP contribution in [0, 0.1) is 0 Å². The molecule has 0 aliphatic heterocycles. The van der Waals surface area contributed by atoms with Crippen molar-refractivity contribution in [1.82, 2.24) is 0 Å². The number of carbonyl (C=O) groups is 2. The topological polar surface area (TPSA) is 173 Å². The first kappa shape index (κ1) is 34.0. The van der Waals surface area contributed by atoms with Crippen LogP contribution in [0.1, 0.15) is 6.92 Å². The fourth-order valence-corrected chi connectivity index (χ4v) is 3.61. The number of phosphoric ester groups is 2. The molecule has 1 aromatic carbocycles. The summed E-state index contributed by atoms with van der Waals surface area (Å²) >= 11 is 3.02. The van der Waals surface area contributed by atoms with Crippen molar-refractivity contribution >= 4 is 43.5 Å². The SMILES string of the molecule is C=C(C)C(=O)OCCOP(=O)(O)Oc1ccc(OC)cc1.C=CC(=O)OCCOP(=O)(O)OCCBr. The highest BCUT2D eigenvalue weighted by Crippen LogP contribution is 2.44. The first-order valence-electron chi connectivity index (χ1n) is 9.96. The van der Waals surface area contributed by atoms with Gasteiger partial charge in [0.1, 0.15) is 24.7 Å². The maximum Gasteiger partial charge on any atom is 0.527 e. The van der Waals surface area contributed by atoms with Gasteiger partial charge in [-0.05, 0) is 31.2 Å². The molecule has 0 radical (unpaired) electrons. The van der Waals surface area contributed by atoms with Gasteiger partial charge in [0.2, 0.25) is 0 Å². The molecule has 0 aliphatic carbocycles. The average molecular weight is 619 g/mol. The Labute approximate surface area is 217 Å². The maximum atomic E-state index is 11.6. The minimum Gasteiger partial charge on any atom is -0.497 e. The molecular weight excluding hydrogens is 590 g/mol. The van der Waals surface area contributed by atoms with E-state index < -0.39 is 27.6 Å². The van der Waals surface area contributed by atoms with E-state index in [1.54, 1.807) is 12.1 Å². The van der Waals surface area contributed by atoms with Crippen LogP contribution in [0.15, 0.2) is 49.1 Å². The quantitative estimate of drug-likeness (QED) is 0.0905. The minimum atomic E-state index is -4.28. The highest BCUT2D eigenvalue weighted by Gasteiger charge is 2.23. The van der Waals surface area contributed by atoms with Gasteiger partial charge < -0.3 is 23.6 Å². The normalized spacial score (nSPS) is 13.6. The second-order valence-corrected chi connectivity index (χ2v) is 9.80. The number of ether oxygens (including phenoxy) is 3. The fourth-order valence-electron chi connectivity index (χ4n) is 1.75. The number of halogens is 1. The van der Waals surface area contributed by atoms with E-state index >= 15 is 0 Å². The Kier molecular flexibility index (Phi) is 17.2. The van der Waals surface area contributed by atoms with Crippen LogP contribution in [0.5, 0.6) is 11.5 Å². The molecular formula is C20H29BrO13P2. The van der Waals surface area contributed by atoms with Gasteiger partial charge in [0, 0.05) is 17.0 Å². The largest absolute Gasteiger partial charge is 0.527 e. The Bertz CT molecular complexity index is 936. The molecule has 36 heavy (non-hydrogen) atoms. The van der Waals surface area contributed by atoms with Crippen LogP contribution in [0.25, 0.3) is 0 Å². The molecule has 1 rings (SSSR count). The Hall–Kier alpha value is -2.02. The highest BCUT2D eigenvalue weighted by molar-refractivity contribution is 9.09. The van der Waals surface area contributed by atoms with Crippen LogP contribution in [0.3, 0.4) is 0 Å². The van der Waals surface area contributed by atoms with E-state index in [0.717, 1.165) is 6.08 Å². The molecule has 13 nitrogen and oxygen atoms in total. The van der Waals surface area contributed by atoms with Crippen LogP contribution >= 0.6 is 31.6 Å². The molecule has 0 spiro atoms. The summed E-state index contributed by atoms with van der Waals surface area (Å²) in [6, 6.07) is 6.08. The first-order chi connectivity index (χ1) is 16.9. The molecule has 0 aromatic heterocycles. The summed E-state index contributed by atoms with van der Waals surface area (Å²) in [6.45, 7) is 7.33. The predicted octanol–water partition coefficient (Wildman–Crippen LogP) is 3.55. The van der Waals surface area contributed by atoms with E-state index in [1.807, 2.05) is 0 Å². The number of rotatable bonds is 16. The van der Waals surface area contributed by atoms with Gasteiger partial charge in [0.05, 0.1) is 26.9 Å². The second-order valence-electron chi connectivity index (χ2n) is 6.18. The standard InChI is InChI=1S/C13H17O7P.C7H12BrO6P/c1-10(2)13(14)18-8-9-19-21(15,16)20-12-6-4-11(17-3)5-7-12;1-2-7(9)12-5-6-14-15(10,11)13-4-3-8/h4-7H,1,8-9H2,2-3H3,(H,15,16);2H,1,3-6H2,(H,10,11). The summed E-state index contributed by atoms with van der Waals surface area (Å²) in [7, 11) is -6.80. The number of carbonyl (C=O) groups excluding carboxylic acids is 2. The Balaban J connectivity index is 0.000000723. The Morgan fingerprint density at radius 3 is 1.92 bits per heavy atom. The summed E-state index contributed by atoms with van der Waals surface area (Å²) in [4.78, 5) is 40.1. The summed E-state index contributed by atoms with van der Waals surface area (Å²) in [5.74, 6) is -0.474. The van der Waals surface area contributed by atoms with Gasteiger partial charge in [-0.1, -0.05) is 29.1 Å². The van der Waals surface area contributed by atoms with E-state index in [-0.39, 0.29) is 44.4 Å². The number of hydrogen-bond acceptors (Lipinski definition) is 11. The molecule has 16 heteroatoms. The molecule has 0 saturated heterocycles. The van der Waals surface area contributed by atoms with E-state index in [2.05, 4.69) is 47.4 Å². The van der Waals surface area contributed by atoms with Crippen LogP contribution in [0.2, 0.25) is 0 Å². The van der Waals surface area contributed by atoms with Crippen molar-refractivity contribution in [3.63, 3.8) is 0 Å². The number of phosphoric acid groups is 2. The zero-order valence-electron chi connectivity index (χ0n) is 19.7. The average Bonchev–Trinajstić information content (AvgIpc) is 2.83. The van der Waals surface area contributed by atoms with Crippen LogP contribution in [-0.2, 0) is 41.8 Å². The molecule has 0 heterocycles. The number of methoxy groups -OCH3 is 1. The van der Waals surface area contributed by atoms with Crippen molar-refractivity contribution in [3.05, 3.63) is 49.1 Å². The number of hydrogen-bond donors (Lipinski definition) is 2. The molecule has 0 saturated carbocycles. The molecule has 0 fully saturated rings.